The van der Waals surface area contributed by atoms with Gasteiger partial charge in [0.05, 0.1) is 48.3 Å². The van der Waals surface area contributed by atoms with Crippen LogP contribution < -0.4 is 31.4 Å². The number of nitrogens with two attached hydrogens (primary N) is 2. The smallest absolute Gasteiger partial charge is 0.255 e. The minimum absolute atomic E-state index is 0.0785. The highest BCUT2D eigenvalue weighted by molar-refractivity contribution is 7.99. The molecule has 1 heterocycles. The van der Waals surface area contributed by atoms with Gasteiger partial charge in [-0.2, -0.15) is 4.91 Å². The Labute approximate surface area is 251 Å². The van der Waals surface area contributed by atoms with Crippen LogP contribution in [0.3, 0.4) is 0 Å². The van der Waals surface area contributed by atoms with Gasteiger partial charge in [-0.15, -0.1) is 0 Å². The number of amides is 1. The average molecular weight is 593 g/mol. The zero-order valence-electron chi connectivity index (χ0n) is 25.2. The molecule has 1 aliphatic carbocycles. The van der Waals surface area contributed by atoms with Crippen LogP contribution in [-0.2, 0) is 17.9 Å². The van der Waals surface area contributed by atoms with E-state index in [0.717, 1.165) is 35.5 Å². The van der Waals surface area contributed by atoms with Crippen LogP contribution in [0.25, 0.3) is 5.70 Å². The number of imidazole rings is 1. The Kier molecular flexibility index (Phi) is 8.88. The maximum atomic E-state index is 13.5. The molecule has 4 rings (SSSR count). The van der Waals surface area contributed by atoms with E-state index in [2.05, 4.69) is 27.1 Å². The molecule has 0 spiro atoms. The third kappa shape index (κ3) is 6.24. The summed E-state index contributed by atoms with van der Waals surface area (Å²) in [6, 6.07) is 8.99. The number of aryl methyl sites for hydroxylation is 1. The predicted molar refractivity (Wildman–Crippen MR) is 172 cm³/mol. The van der Waals surface area contributed by atoms with Crippen LogP contribution in [-0.4, -0.2) is 35.4 Å². The molecule has 1 aromatic heterocycles. The van der Waals surface area contributed by atoms with E-state index in [9.17, 15) is 9.70 Å². The van der Waals surface area contributed by atoms with Gasteiger partial charge in [-0.05, 0) is 55.2 Å². The topological polar surface area (TPSA) is 153 Å². The highest BCUT2D eigenvalue weighted by Gasteiger charge is 2.43. The van der Waals surface area contributed by atoms with Crippen molar-refractivity contribution in [2.75, 3.05) is 35.0 Å². The van der Waals surface area contributed by atoms with Gasteiger partial charge in [0.1, 0.15) is 5.82 Å². The van der Waals surface area contributed by atoms with Gasteiger partial charge < -0.3 is 25.1 Å². The molecule has 2 aromatic carbocycles. The Hall–Kier alpha value is -4.03. The SMILES string of the molecule is COc1c(NSC)cc(C(C)(C)CN=O)cc1NC(=O)c1ccc(C)c(N(N)/C=C(\N)c2cnc(C3(C)CC3)n2C)c1. The van der Waals surface area contributed by atoms with E-state index in [-0.39, 0.29) is 17.9 Å². The Morgan fingerprint density at radius 1 is 1.29 bits per heavy atom. The summed E-state index contributed by atoms with van der Waals surface area (Å²) in [7, 11) is 3.50. The number of nitroso groups, excluding NO2 is 1. The molecule has 12 heteroatoms. The zero-order valence-corrected chi connectivity index (χ0v) is 26.1. The monoisotopic (exact) mass is 592 g/mol. The van der Waals surface area contributed by atoms with Crippen molar-refractivity contribution in [2.45, 2.75) is 51.4 Å². The third-order valence-electron chi connectivity index (χ3n) is 7.85. The van der Waals surface area contributed by atoms with Crippen LogP contribution in [0.15, 0.2) is 47.9 Å². The molecule has 3 aromatic rings. The van der Waals surface area contributed by atoms with Gasteiger partial charge in [0, 0.05) is 35.9 Å². The second kappa shape index (κ2) is 12.1. The molecule has 224 valence electrons. The fourth-order valence-corrected chi connectivity index (χ4v) is 5.30. The quantitative estimate of drug-likeness (QED) is 0.0935. The Morgan fingerprint density at radius 3 is 2.60 bits per heavy atom. The van der Waals surface area contributed by atoms with E-state index in [0.29, 0.717) is 34.1 Å². The highest BCUT2D eigenvalue weighted by Crippen LogP contribution is 2.47. The van der Waals surface area contributed by atoms with Gasteiger partial charge in [-0.25, -0.2) is 10.8 Å². The maximum absolute atomic E-state index is 13.5. The molecular formula is C30H40N8O3S. The second-order valence-corrected chi connectivity index (χ2v) is 12.2. The van der Waals surface area contributed by atoms with Gasteiger partial charge >= 0.3 is 0 Å². The Morgan fingerprint density at radius 2 is 1.98 bits per heavy atom. The number of hydrogen-bond donors (Lipinski definition) is 4. The lowest BCUT2D eigenvalue weighted by atomic mass is 9.84. The number of hydrazine groups is 1. The normalized spacial score (nSPS) is 14.3. The molecule has 1 aliphatic rings. The molecule has 1 fully saturated rings. The van der Waals surface area contributed by atoms with Crippen LogP contribution in [0.1, 0.15) is 66.6 Å². The fourth-order valence-electron chi connectivity index (χ4n) is 4.93. The first-order valence-corrected chi connectivity index (χ1v) is 14.8. The van der Waals surface area contributed by atoms with Gasteiger partial charge in [0.25, 0.3) is 5.91 Å². The third-order valence-corrected chi connectivity index (χ3v) is 8.27. The lowest BCUT2D eigenvalue weighted by Crippen LogP contribution is -2.27. The first-order valence-electron chi connectivity index (χ1n) is 13.6. The number of methoxy groups -OCH3 is 1. The molecular weight excluding hydrogens is 552 g/mol. The summed E-state index contributed by atoms with van der Waals surface area (Å²) in [6.07, 6.45) is 7.50. The fraction of sp³-hybridized carbons (Fsp3) is 0.400. The Bertz CT molecular complexity index is 1530. The lowest BCUT2D eigenvalue weighted by Gasteiger charge is -2.25. The van der Waals surface area contributed by atoms with Crippen molar-refractivity contribution >= 4 is 40.6 Å². The van der Waals surface area contributed by atoms with E-state index in [4.69, 9.17) is 16.3 Å². The molecule has 0 atom stereocenters. The van der Waals surface area contributed by atoms with Crippen LogP contribution >= 0.6 is 11.9 Å². The first-order chi connectivity index (χ1) is 19.8. The summed E-state index contributed by atoms with van der Waals surface area (Å²) in [4.78, 5) is 29.2. The standard InChI is InChI=1S/C30H40N8O3S/c1-18-8-9-19(12-24(18)38(32)16-21(31)25-15-33-28(37(25)5)30(4)10-11-30)27(39)35-22-13-20(29(2,3)17-34-40)14-23(36-42-7)26(22)41-6/h8-9,12-16,36H,10-11,17,31-32H2,1-7H3,(H,35,39)/b21-16-. The number of hydrogen-bond acceptors (Lipinski definition) is 10. The van der Waals surface area contributed by atoms with Crippen LogP contribution in [0.4, 0.5) is 17.1 Å². The van der Waals surface area contributed by atoms with E-state index >= 15 is 0 Å². The van der Waals surface area contributed by atoms with E-state index in [1.54, 1.807) is 24.5 Å². The molecule has 0 unspecified atom stereocenters. The van der Waals surface area contributed by atoms with Gasteiger partial charge in [-0.1, -0.05) is 44.0 Å². The summed E-state index contributed by atoms with van der Waals surface area (Å²) in [6.45, 7) is 8.03. The molecule has 11 nitrogen and oxygen atoms in total. The van der Waals surface area contributed by atoms with Crippen molar-refractivity contribution in [3.05, 3.63) is 75.8 Å². The van der Waals surface area contributed by atoms with Gasteiger partial charge in [0.2, 0.25) is 0 Å². The minimum Gasteiger partial charge on any atom is -0.492 e. The maximum Gasteiger partial charge on any atom is 0.255 e. The van der Waals surface area contributed by atoms with Crippen LogP contribution in [0.5, 0.6) is 5.75 Å². The van der Waals surface area contributed by atoms with E-state index < -0.39 is 5.41 Å². The first kappa shape index (κ1) is 30.9. The largest absolute Gasteiger partial charge is 0.492 e. The van der Waals surface area contributed by atoms with E-state index in [1.807, 2.05) is 56.8 Å². The van der Waals surface area contributed by atoms with Gasteiger partial charge in [0.15, 0.2) is 5.75 Å². The van der Waals surface area contributed by atoms with Crippen LogP contribution in [0, 0.1) is 11.8 Å². The summed E-state index contributed by atoms with van der Waals surface area (Å²) < 4.78 is 10.9. The molecule has 0 saturated heterocycles. The molecule has 1 saturated carbocycles. The average Bonchev–Trinajstić information content (AvgIpc) is 3.55. The van der Waals surface area contributed by atoms with E-state index in [1.165, 1.54) is 24.1 Å². The number of ether oxygens (including phenoxy) is 1. The molecule has 1 amide bonds. The van der Waals surface area contributed by atoms with Gasteiger partial charge in [-0.3, -0.25) is 9.80 Å². The van der Waals surface area contributed by atoms with Crippen molar-refractivity contribution in [1.82, 2.24) is 9.55 Å². The second-order valence-electron chi connectivity index (χ2n) is 11.6. The molecule has 0 aliphatic heterocycles. The number of aromatic nitrogens is 2. The number of nitrogens with zero attached hydrogens (tertiary/aromatic N) is 4. The highest BCUT2D eigenvalue weighted by atomic mass is 32.2. The van der Waals surface area contributed by atoms with Crippen molar-refractivity contribution in [1.29, 1.82) is 0 Å². The summed E-state index contributed by atoms with van der Waals surface area (Å²) in [5, 5.41) is 7.51. The Balaban J connectivity index is 1.63. The minimum atomic E-state index is -0.559. The summed E-state index contributed by atoms with van der Waals surface area (Å²) in [5.41, 5.74) is 11.1. The molecule has 0 radical (unpaired) electrons. The van der Waals surface area contributed by atoms with Crippen molar-refractivity contribution in [3.8, 4) is 5.75 Å². The number of benzene rings is 2. The predicted octanol–water partition coefficient (Wildman–Crippen LogP) is 5.41. The van der Waals surface area contributed by atoms with Crippen LogP contribution in [0.2, 0.25) is 0 Å². The number of nitrogens with one attached hydrogen (secondary N) is 2. The van der Waals surface area contributed by atoms with Crippen molar-refractivity contribution < 1.29 is 9.53 Å². The number of rotatable bonds is 12. The number of carbonyl (C=O) groups excluding carboxylic acids is 1. The molecule has 6 N–H and O–H groups in total. The number of carbonyl (C=O) groups is 1. The lowest BCUT2D eigenvalue weighted by molar-refractivity contribution is 0.102. The zero-order chi connectivity index (χ0) is 30.8. The summed E-state index contributed by atoms with van der Waals surface area (Å²) >= 11 is 1.39. The van der Waals surface area contributed by atoms with Crippen molar-refractivity contribution in [2.24, 2.45) is 23.8 Å². The van der Waals surface area contributed by atoms with Crippen molar-refractivity contribution in [3.63, 3.8) is 0 Å². The molecule has 42 heavy (non-hydrogen) atoms. The molecule has 0 bridgehead atoms. The number of anilines is 3. The summed E-state index contributed by atoms with van der Waals surface area (Å²) in [5.74, 6) is 7.58.